The van der Waals surface area contributed by atoms with E-state index >= 15 is 0 Å². The number of allylic oxidation sites excluding steroid dienone is 1. The van der Waals surface area contributed by atoms with Gasteiger partial charge in [-0.1, -0.05) is 87.5 Å². The molecule has 2 heterocycles. The number of rotatable bonds is 13. The lowest BCUT2D eigenvalue weighted by Crippen LogP contribution is -2.66. The van der Waals surface area contributed by atoms with Gasteiger partial charge in [-0.2, -0.15) is 4.90 Å². The highest BCUT2D eigenvalue weighted by molar-refractivity contribution is 14.1. The summed E-state index contributed by atoms with van der Waals surface area (Å²) in [6.07, 6.45) is 1.85. The molecule has 4 aromatic rings. The molecule has 0 bridgehead atoms. The Morgan fingerprint density at radius 3 is 2.17 bits per heavy atom. The van der Waals surface area contributed by atoms with E-state index in [1.54, 1.807) is 12.3 Å². The Morgan fingerprint density at radius 2 is 1.62 bits per heavy atom. The molecule has 58 heavy (non-hydrogen) atoms. The summed E-state index contributed by atoms with van der Waals surface area (Å²) in [5.74, 6) is -4.15. The summed E-state index contributed by atoms with van der Waals surface area (Å²) in [4.78, 5) is 45.6. The second kappa shape index (κ2) is 18.1. The van der Waals surface area contributed by atoms with Crippen LogP contribution in [-0.2, 0) is 18.8 Å². The van der Waals surface area contributed by atoms with Crippen molar-refractivity contribution in [2.24, 2.45) is 17.8 Å². The molecule has 2 aliphatic rings. The fraction of sp³-hybridized carbons (Fsp3) is 0.333. The van der Waals surface area contributed by atoms with Crippen LogP contribution in [0, 0.1) is 21.3 Å². The Hall–Kier alpha value is -4.67. The number of imide groups is 3. The Morgan fingerprint density at radius 1 is 0.983 bits per heavy atom. The predicted molar refractivity (Wildman–Crippen MR) is 232 cm³/mol. The summed E-state index contributed by atoms with van der Waals surface area (Å²) >= 11 is 2.04. The number of carbonyl (C=O) groups is 3. The highest BCUT2D eigenvalue weighted by Crippen LogP contribution is 2.47. The SMILES string of the molecule is COC(=O)N1C(=O)[C@@H]2[C@@H](CC(CO[Si](c3ccccc3)(c3ccccc3)C(C)(C)C)=C([C@H](O)CC/C(=C/c3cc(I)c(O)c(OC)c3)c3ccccn3)[C@@H]2CO)C1=O. The molecule has 1 fully saturated rings. The van der Waals surface area contributed by atoms with Crippen molar-refractivity contribution in [2.75, 3.05) is 27.4 Å². The number of aromatic nitrogens is 1. The molecule has 3 N–H and O–H groups in total. The van der Waals surface area contributed by atoms with Crippen molar-refractivity contribution in [3.63, 3.8) is 0 Å². The number of benzene rings is 3. The van der Waals surface area contributed by atoms with E-state index < -0.39 is 56.7 Å². The zero-order chi connectivity index (χ0) is 41.8. The standard InChI is InChI=1S/C45H49IN2O9Si/c1-45(2,3)58(31-14-8-6-9-15-31,32-16-10-7-11-17-32)57-27-30-25-33-40(43(53)48(42(33)52)44(54)56-5)34(26-49)39(30)37(50)20-19-29(36-18-12-13-21-47-36)22-28-23-35(46)41(51)38(24-28)55-4/h6-18,21-24,33-34,37,40,49-51H,19-20,25-27H2,1-5H3/b29-22-/t33-,34+,37-,40-/m1/s1. The lowest BCUT2D eigenvalue weighted by Gasteiger charge is -2.44. The Labute approximate surface area is 353 Å². The van der Waals surface area contributed by atoms with Crippen LogP contribution in [0.1, 0.15) is 51.3 Å². The number of methoxy groups -OCH3 is 2. The lowest BCUT2D eigenvalue weighted by atomic mass is 9.68. The third kappa shape index (κ3) is 8.28. The number of nitrogens with zero attached hydrogens (tertiary/aromatic N) is 2. The van der Waals surface area contributed by atoms with Crippen molar-refractivity contribution in [1.29, 1.82) is 0 Å². The highest BCUT2D eigenvalue weighted by Gasteiger charge is 2.58. The van der Waals surface area contributed by atoms with Gasteiger partial charge in [0.05, 0.1) is 54.6 Å². The van der Waals surface area contributed by atoms with Crippen molar-refractivity contribution in [3.05, 3.63) is 123 Å². The van der Waals surface area contributed by atoms with Crippen molar-refractivity contribution >= 4 is 70.8 Å². The summed E-state index contributed by atoms with van der Waals surface area (Å²) in [7, 11) is -0.545. The molecule has 304 valence electrons. The number of hydrogen-bond acceptors (Lipinski definition) is 10. The number of hydrogen-bond donors (Lipinski definition) is 3. The van der Waals surface area contributed by atoms with Crippen molar-refractivity contribution in [3.8, 4) is 11.5 Å². The van der Waals surface area contributed by atoms with Gasteiger partial charge in [0.15, 0.2) is 11.5 Å². The molecule has 1 saturated heterocycles. The quantitative estimate of drug-likeness (QED) is 0.0600. The Balaban J connectivity index is 1.45. The minimum absolute atomic E-state index is 0.00770. The lowest BCUT2D eigenvalue weighted by molar-refractivity contribution is -0.137. The number of aliphatic hydroxyl groups is 2. The minimum atomic E-state index is -3.13. The zero-order valence-electron chi connectivity index (χ0n) is 33.2. The van der Waals surface area contributed by atoms with Crippen LogP contribution >= 0.6 is 22.6 Å². The number of pyridine rings is 1. The molecule has 0 spiro atoms. The second-order valence-electron chi connectivity index (χ2n) is 15.6. The number of amides is 3. The first-order valence-corrected chi connectivity index (χ1v) is 22.2. The van der Waals surface area contributed by atoms with E-state index in [0.717, 1.165) is 28.6 Å². The molecular weight excluding hydrogens is 867 g/mol. The number of phenolic OH excluding ortho intramolecular Hbond substituents is 1. The number of likely N-dealkylation sites (tertiary alicyclic amines) is 1. The van der Waals surface area contributed by atoms with Crippen molar-refractivity contribution < 1.29 is 43.6 Å². The molecule has 1 aromatic heterocycles. The molecule has 6 rings (SSSR count). The smallest absolute Gasteiger partial charge is 0.423 e. The van der Waals surface area contributed by atoms with Gasteiger partial charge in [-0.15, -0.1) is 0 Å². The van der Waals surface area contributed by atoms with Crippen LogP contribution < -0.4 is 15.1 Å². The monoisotopic (exact) mass is 916 g/mol. The van der Waals surface area contributed by atoms with Crippen LogP contribution in [0.25, 0.3) is 11.6 Å². The summed E-state index contributed by atoms with van der Waals surface area (Å²) in [5, 5.41) is 35.6. The molecule has 3 aromatic carbocycles. The van der Waals surface area contributed by atoms with E-state index in [0.29, 0.717) is 37.5 Å². The van der Waals surface area contributed by atoms with Gasteiger partial charge in [0.2, 0.25) is 11.8 Å². The van der Waals surface area contributed by atoms with E-state index in [1.807, 2.05) is 89.3 Å². The van der Waals surface area contributed by atoms with E-state index in [-0.39, 0.29) is 30.2 Å². The molecule has 11 nitrogen and oxygen atoms in total. The van der Waals surface area contributed by atoms with Crippen LogP contribution in [0.4, 0.5) is 4.79 Å². The van der Waals surface area contributed by atoms with Gasteiger partial charge < -0.3 is 29.2 Å². The first-order valence-electron chi connectivity index (χ1n) is 19.2. The van der Waals surface area contributed by atoms with Gasteiger partial charge in [0.1, 0.15) is 0 Å². The molecule has 1 aliphatic carbocycles. The van der Waals surface area contributed by atoms with Crippen LogP contribution in [0.5, 0.6) is 11.5 Å². The maximum atomic E-state index is 13.9. The number of aliphatic hydroxyl groups excluding tert-OH is 2. The molecule has 0 radical (unpaired) electrons. The third-order valence-corrected chi connectivity index (χ3v) is 17.1. The average molecular weight is 917 g/mol. The Bertz CT molecular complexity index is 2150. The highest BCUT2D eigenvalue weighted by atomic mass is 127. The van der Waals surface area contributed by atoms with Crippen molar-refractivity contribution in [2.45, 2.75) is 51.2 Å². The third-order valence-electron chi connectivity index (χ3n) is 11.3. The Kier molecular flexibility index (Phi) is 13.4. The minimum Gasteiger partial charge on any atom is -0.504 e. The average Bonchev–Trinajstić information content (AvgIpc) is 3.48. The van der Waals surface area contributed by atoms with Crippen LogP contribution in [-0.4, -0.2) is 85.0 Å². The normalized spacial score (nSPS) is 19.3. The number of carbonyl (C=O) groups excluding carboxylic acids is 3. The van der Waals surface area contributed by atoms with E-state index in [1.165, 1.54) is 7.11 Å². The summed E-state index contributed by atoms with van der Waals surface area (Å²) in [5.41, 5.74) is 3.24. The second-order valence-corrected chi connectivity index (χ2v) is 21.1. The predicted octanol–water partition coefficient (Wildman–Crippen LogP) is 6.34. The van der Waals surface area contributed by atoms with Crippen LogP contribution in [0.2, 0.25) is 5.04 Å². The van der Waals surface area contributed by atoms with Gasteiger partial charge in [0, 0.05) is 12.1 Å². The van der Waals surface area contributed by atoms with E-state index in [2.05, 4.69) is 50.0 Å². The van der Waals surface area contributed by atoms with Gasteiger partial charge >= 0.3 is 6.09 Å². The first kappa shape index (κ1) is 42.9. The van der Waals surface area contributed by atoms with Gasteiger partial charge in [-0.3, -0.25) is 14.6 Å². The molecule has 0 saturated carbocycles. The molecule has 4 atom stereocenters. The number of halogens is 1. The van der Waals surface area contributed by atoms with Gasteiger partial charge in [-0.05, 0) is 110 Å². The maximum Gasteiger partial charge on any atom is 0.423 e. The number of aromatic hydroxyl groups is 1. The first-order chi connectivity index (χ1) is 27.8. The summed E-state index contributed by atoms with van der Waals surface area (Å²) < 4.78 is 18.2. The number of ether oxygens (including phenoxy) is 2. The zero-order valence-corrected chi connectivity index (χ0v) is 36.4. The van der Waals surface area contributed by atoms with E-state index in [4.69, 9.17) is 13.9 Å². The van der Waals surface area contributed by atoms with Crippen molar-refractivity contribution in [1.82, 2.24) is 9.88 Å². The summed E-state index contributed by atoms with van der Waals surface area (Å²) in [6, 6.07) is 29.3. The van der Waals surface area contributed by atoms with Crippen LogP contribution in [0.15, 0.2) is 108 Å². The fourth-order valence-electron chi connectivity index (χ4n) is 8.63. The number of fused-ring (bicyclic) bond motifs is 1. The van der Waals surface area contributed by atoms with E-state index in [9.17, 15) is 29.7 Å². The fourth-order valence-corrected chi connectivity index (χ4v) is 13.8. The summed E-state index contributed by atoms with van der Waals surface area (Å²) in [6.45, 7) is 5.91. The largest absolute Gasteiger partial charge is 0.504 e. The van der Waals surface area contributed by atoms with Gasteiger partial charge in [0.25, 0.3) is 8.32 Å². The molecule has 0 unspecified atom stereocenters. The number of phenols is 1. The molecule has 3 amide bonds. The molecule has 1 aliphatic heterocycles. The van der Waals surface area contributed by atoms with Gasteiger partial charge in [-0.25, -0.2) is 4.79 Å². The maximum absolute atomic E-state index is 13.9. The topological polar surface area (TPSA) is 156 Å². The molecule has 13 heteroatoms. The molecular formula is C45H49IN2O9Si. The van der Waals surface area contributed by atoms with Crippen LogP contribution in [0.3, 0.4) is 0 Å².